The van der Waals surface area contributed by atoms with Crippen molar-refractivity contribution in [2.75, 3.05) is 0 Å². The van der Waals surface area contributed by atoms with Crippen molar-refractivity contribution >= 4 is 5.97 Å². The number of cyclic esters (lactones) is 1. The summed E-state index contributed by atoms with van der Waals surface area (Å²) in [4.78, 5) is 11.3. The van der Waals surface area contributed by atoms with Crippen molar-refractivity contribution in [1.29, 1.82) is 0 Å². The lowest BCUT2D eigenvalue weighted by Crippen LogP contribution is -2.25. The highest BCUT2D eigenvalue weighted by molar-refractivity contribution is 5.76. The number of aliphatic hydroxyl groups is 1. The zero-order valence-corrected chi connectivity index (χ0v) is 8.35. The highest BCUT2D eigenvalue weighted by atomic mass is 16.6. The maximum absolute atomic E-state index is 11.3. The Morgan fingerprint density at radius 3 is 2.93 bits per heavy atom. The smallest absolute Gasteiger partial charge is 0.312 e. The summed E-state index contributed by atoms with van der Waals surface area (Å²) in [5, 5.41) is 9.75. The van der Waals surface area contributed by atoms with E-state index in [1.165, 1.54) is 0 Å². The van der Waals surface area contributed by atoms with Gasteiger partial charge < -0.3 is 9.84 Å². The molecule has 1 aliphatic rings. The first-order valence-electron chi connectivity index (χ1n) is 4.88. The lowest BCUT2D eigenvalue weighted by atomic mass is 9.96. The van der Waals surface area contributed by atoms with E-state index in [4.69, 9.17) is 4.74 Å². The molecular formula is C11H16O3. The summed E-state index contributed by atoms with van der Waals surface area (Å²) >= 11 is 0. The van der Waals surface area contributed by atoms with Crippen LogP contribution in [0.25, 0.3) is 0 Å². The lowest BCUT2D eigenvalue weighted by molar-refractivity contribution is -0.143. The average Bonchev–Trinajstić information content (AvgIpc) is 2.43. The maximum atomic E-state index is 11.3. The topological polar surface area (TPSA) is 46.5 Å². The van der Waals surface area contributed by atoms with Gasteiger partial charge in [-0.25, -0.2) is 0 Å². The first-order valence-corrected chi connectivity index (χ1v) is 4.88. The minimum Gasteiger partial charge on any atom is -0.455 e. The molecule has 1 rings (SSSR count). The van der Waals surface area contributed by atoms with Crippen LogP contribution in [-0.4, -0.2) is 23.3 Å². The molecule has 1 N–H and O–H groups in total. The Morgan fingerprint density at radius 2 is 2.36 bits per heavy atom. The molecule has 14 heavy (non-hydrogen) atoms. The van der Waals surface area contributed by atoms with Gasteiger partial charge in [0.15, 0.2) is 0 Å². The molecule has 0 bridgehead atoms. The van der Waals surface area contributed by atoms with Gasteiger partial charge in [0.1, 0.15) is 12.2 Å². The number of ether oxygens (including phenoxy) is 1. The normalized spacial score (nSPS) is 32.1. The SMILES string of the molecule is C=C/C=C\[C@H]1OC(=O)[C@@H](CCC)[C@@H]1O. The van der Waals surface area contributed by atoms with Gasteiger partial charge >= 0.3 is 5.97 Å². The summed E-state index contributed by atoms with van der Waals surface area (Å²) in [5.74, 6) is -0.655. The minimum absolute atomic E-state index is 0.293. The summed E-state index contributed by atoms with van der Waals surface area (Å²) in [5.41, 5.74) is 0. The summed E-state index contributed by atoms with van der Waals surface area (Å²) in [6.45, 7) is 5.49. The Kier molecular flexibility index (Phi) is 3.89. The van der Waals surface area contributed by atoms with Gasteiger partial charge in [0, 0.05) is 0 Å². The van der Waals surface area contributed by atoms with E-state index in [1.54, 1.807) is 18.2 Å². The van der Waals surface area contributed by atoms with Gasteiger partial charge in [-0.3, -0.25) is 4.79 Å². The van der Waals surface area contributed by atoms with Crippen LogP contribution < -0.4 is 0 Å². The predicted molar refractivity (Wildman–Crippen MR) is 53.6 cm³/mol. The van der Waals surface area contributed by atoms with Crippen molar-refractivity contribution in [3.63, 3.8) is 0 Å². The van der Waals surface area contributed by atoms with Gasteiger partial charge in [0.25, 0.3) is 0 Å². The van der Waals surface area contributed by atoms with Gasteiger partial charge in [-0.1, -0.05) is 32.1 Å². The summed E-state index contributed by atoms with van der Waals surface area (Å²) in [6.07, 6.45) is 5.26. The molecule has 0 spiro atoms. The monoisotopic (exact) mass is 196 g/mol. The molecule has 0 aromatic rings. The number of rotatable bonds is 4. The molecule has 78 valence electrons. The second kappa shape index (κ2) is 4.96. The molecule has 0 aromatic carbocycles. The van der Waals surface area contributed by atoms with Gasteiger partial charge in [0.2, 0.25) is 0 Å². The zero-order chi connectivity index (χ0) is 10.6. The fourth-order valence-electron chi connectivity index (χ4n) is 1.60. The second-order valence-corrected chi connectivity index (χ2v) is 3.41. The fourth-order valence-corrected chi connectivity index (χ4v) is 1.60. The van der Waals surface area contributed by atoms with E-state index in [9.17, 15) is 9.90 Å². The Balaban J connectivity index is 2.63. The van der Waals surface area contributed by atoms with Crippen molar-refractivity contribution in [2.45, 2.75) is 32.0 Å². The molecule has 3 nitrogen and oxygen atoms in total. The molecule has 0 aromatic heterocycles. The highest BCUT2D eigenvalue weighted by Gasteiger charge is 2.41. The van der Waals surface area contributed by atoms with Gasteiger partial charge in [-0.15, -0.1) is 0 Å². The number of allylic oxidation sites excluding steroid dienone is 2. The van der Waals surface area contributed by atoms with Crippen LogP contribution in [0.5, 0.6) is 0 Å². The number of carbonyl (C=O) groups is 1. The number of aliphatic hydroxyl groups excluding tert-OH is 1. The van der Waals surface area contributed by atoms with Crippen LogP contribution in [0.15, 0.2) is 24.8 Å². The van der Waals surface area contributed by atoms with Gasteiger partial charge in [-0.2, -0.15) is 0 Å². The Bertz CT molecular complexity index is 245. The molecule has 1 saturated heterocycles. The molecule has 0 unspecified atom stereocenters. The van der Waals surface area contributed by atoms with Crippen molar-refractivity contribution in [3.8, 4) is 0 Å². The third kappa shape index (κ3) is 2.23. The van der Waals surface area contributed by atoms with E-state index in [0.717, 1.165) is 6.42 Å². The van der Waals surface area contributed by atoms with E-state index in [2.05, 4.69) is 6.58 Å². The van der Waals surface area contributed by atoms with Crippen LogP contribution in [0.4, 0.5) is 0 Å². The molecule has 0 aliphatic carbocycles. The molecule has 0 amide bonds. The molecular weight excluding hydrogens is 180 g/mol. The molecule has 1 fully saturated rings. The Labute approximate surface area is 84.1 Å². The van der Waals surface area contributed by atoms with Gasteiger partial charge in [-0.05, 0) is 12.5 Å². The first kappa shape index (κ1) is 11.0. The standard InChI is InChI=1S/C11H16O3/c1-3-5-7-9-10(12)8(6-4-2)11(13)14-9/h3,5,7-10,12H,1,4,6H2,2H3/b7-5-/t8-,9+,10-/m0/s1. The van der Waals surface area contributed by atoms with Crippen LogP contribution in [-0.2, 0) is 9.53 Å². The van der Waals surface area contributed by atoms with E-state index in [1.807, 2.05) is 6.92 Å². The number of carbonyl (C=O) groups excluding carboxylic acids is 1. The third-order valence-corrected chi connectivity index (χ3v) is 2.34. The second-order valence-electron chi connectivity index (χ2n) is 3.41. The fraction of sp³-hybridized carbons (Fsp3) is 0.545. The van der Waals surface area contributed by atoms with Crippen LogP contribution in [0.3, 0.4) is 0 Å². The molecule has 1 heterocycles. The zero-order valence-electron chi connectivity index (χ0n) is 8.35. The number of hydrogen-bond donors (Lipinski definition) is 1. The van der Waals surface area contributed by atoms with E-state index in [-0.39, 0.29) is 11.9 Å². The van der Waals surface area contributed by atoms with Gasteiger partial charge in [0.05, 0.1) is 5.92 Å². The Hall–Kier alpha value is -1.09. The van der Waals surface area contributed by atoms with Crippen LogP contribution in [0.2, 0.25) is 0 Å². The third-order valence-electron chi connectivity index (χ3n) is 2.34. The van der Waals surface area contributed by atoms with Crippen LogP contribution in [0.1, 0.15) is 19.8 Å². The average molecular weight is 196 g/mol. The largest absolute Gasteiger partial charge is 0.455 e. The van der Waals surface area contributed by atoms with E-state index >= 15 is 0 Å². The number of hydrogen-bond acceptors (Lipinski definition) is 3. The highest BCUT2D eigenvalue weighted by Crippen LogP contribution is 2.26. The van der Waals surface area contributed by atoms with Crippen molar-refractivity contribution in [2.24, 2.45) is 5.92 Å². The predicted octanol–water partition coefficient (Wildman–Crippen LogP) is 1.43. The van der Waals surface area contributed by atoms with E-state index < -0.39 is 12.2 Å². The molecule has 0 saturated carbocycles. The van der Waals surface area contributed by atoms with Crippen LogP contribution in [0, 0.1) is 5.92 Å². The molecule has 1 aliphatic heterocycles. The quantitative estimate of drug-likeness (QED) is 0.546. The van der Waals surface area contributed by atoms with Crippen molar-refractivity contribution < 1.29 is 14.6 Å². The molecule has 3 heteroatoms. The minimum atomic E-state index is -0.710. The van der Waals surface area contributed by atoms with Crippen molar-refractivity contribution in [3.05, 3.63) is 24.8 Å². The summed E-state index contributed by atoms with van der Waals surface area (Å²) < 4.78 is 5.02. The molecule has 0 radical (unpaired) electrons. The molecule has 3 atom stereocenters. The lowest BCUT2D eigenvalue weighted by Gasteiger charge is -2.10. The van der Waals surface area contributed by atoms with Crippen LogP contribution >= 0.6 is 0 Å². The van der Waals surface area contributed by atoms with Crippen molar-refractivity contribution in [1.82, 2.24) is 0 Å². The van der Waals surface area contributed by atoms with E-state index in [0.29, 0.717) is 6.42 Å². The number of esters is 1. The maximum Gasteiger partial charge on any atom is 0.312 e. The summed E-state index contributed by atoms with van der Waals surface area (Å²) in [6, 6.07) is 0. The first-order chi connectivity index (χ1) is 6.70. The summed E-state index contributed by atoms with van der Waals surface area (Å²) in [7, 11) is 0. The Morgan fingerprint density at radius 1 is 1.64 bits per heavy atom.